The normalized spacial score (nSPS) is 30.2. The lowest BCUT2D eigenvalue weighted by molar-refractivity contribution is -0.277. The third-order valence-electron chi connectivity index (χ3n) is 6.17. The minimum absolute atomic E-state index is 0.0201. The number of fused-ring (bicyclic) bond motifs is 8. The fraction of sp³-hybridized carbons (Fsp3) is 0.480. The topological polar surface area (TPSA) is 146 Å². The van der Waals surface area contributed by atoms with Gasteiger partial charge in [0.25, 0.3) is 0 Å². The second-order valence-corrected chi connectivity index (χ2v) is 8.78. The highest BCUT2D eigenvalue weighted by Gasteiger charge is 2.45. The van der Waals surface area contributed by atoms with E-state index in [0.717, 1.165) is 11.1 Å². The largest absolute Gasteiger partial charge is 0.458 e. The van der Waals surface area contributed by atoms with E-state index < -0.39 is 43.4 Å². The van der Waals surface area contributed by atoms with E-state index in [1.165, 1.54) is 0 Å². The molecule has 0 saturated carbocycles. The molecular formula is C25H30O9. The molecule has 0 aromatic heterocycles. The van der Waals surface area contributed by atoms with Crippen molar-refractivity contribution in [2.45, 2.75) is 68.9 Å². The second-order valence-electron chi connectivity index (χ2n) is 8.78. The van der Waals surface area contributed by atoms with Crippen molar-refractivity contribution in [2.24, 2.45) is 0 Å². The molecule has 0 aliphatic carbocycles. The zero-order valence-corrected chi connectivity index (χ0v) is 18.6. The van der Waals surface area contributed by atoms with E-state index in [1.807, 2.05) is 12.1 Å². The van der Waals surface area contributed by atoms with Gasteiger partial charge >= 0.3 is 0 Å². The first-order chi connectivity index (χ1) is 16.3. The van der Waals surface area contributed by atoms with Crippen molar-refractivity contribution >= 4 is 5.78 Å². The number of benzene rings is 2. The zero-order chi connectivity index (χ0) is 24.2. The Hall–Kier alpha value is -2.53. The minimum Gasteiger partial charge on any atom is -0.458 e. The monoisotopic (exact) mass is 474 g/mol. The Bertz CT molecular complexity index is 975. The summed E-state index contributed by atoms with van der Waals surface area (Å²) in [6, 6.07) is 12.4. The van der Waals surface area contributed by atoms with Crippen LogP contribution in [0.1, 0.15) is 30.4 Å². The molecule has 0 spiro atoms. The predicted molar refractivity (Wildman–Crippen MR) is 120 cm³/mol. The first-order valence-electron chi connectivity index (χ1n) is 11.4. The molecule has 184 valence electrons. The molecule has 34 heavy (non-hydrogen) atoms. The van der Waals surface area contributed by atoms with Gasteiger partial charge in [0.2, 0.25) is 6.29 Å². The Morgan fingerprint density at radius 1 is 0.882 bits per heavy atom. The molecule has 3 aliphatic heterocycles. The van der Waals surface area contributed by atoms with E-state index >= 15 is 0 Å². The van der Waals surface area contributed by atoms with Gasteiger partial charge < -0.3 is 39.7 Å². The molecule has 6 atom stereocenters. The summed E-state index contributed by atoms with van der Waals surface area (Å²) in [6.07, 6.45) is -5.85. The molecule has 1 unspecified atom stereocenters. The Balaban J connectivity index is 1.61. The number of aryl methyl sites for hydroxylation is 2. The lowest BCUT2D eigenvalue weighted by Crippen LogP contribution is -2.60. The third-order valence-corrected chi connectivity index (χ3v) is 6.17. The maximum Gasteiger partial charge on any atom is 0.229 e. The van der Waals surface area contributed by atoms with E-state index in [1.54, 1.807) is 30.3 Å². The van der Waals surface area contributed by atoms with Crippen LogP contribution in [0.3, 0.4) is 0 Å². The number of carbonyl (C=O) groups excluding carboxylic acids is 1. The van der Waals surface area contributed by atoms with Crippen molar-refractivity contribution in [1.82, 2.24) is 0 Å². The Labute approximate surface area is 197 Å². The van der Waals surface area contributed by atoms with Crippen molar-refractivity contribution in [3.8, 4) is 17.2 Å². The van der Waals surface area contributed by atoms with Crippen LogP contribution in [0.2, 0.25) is 0 Å². The van der Waals surface area contributed by atoms with Crippen LogP contribution in [0.4, 0.5) is 0 Å². The number of rotatable bonds is 3. The number of aliphatic hydroxyl groups is 5. The highest BCUT2D eigenvalue weighted by Crippen LogP contribution is 2.36. The molecule has 1 saturated heterocycles. The van der Waals surface area contributed by atoms with Crippen molar-refractivity contribution in [3.63, 3.8) is 0 Å². The molecule has 3 aliphatic rings. The molecule has 0 radical (unpaired) electrons. The molecule has 9 nitrogen and oxygen atoms in total. The number of ketones is 1. The van der Waals surface area contributed by atoms with E-state index in [4.69, 9.17) is 14.2 Å². The number of carbonyl (C=O) groups is 1. The van der Waals surface area contributed by atoms with Gasteiger partial charge in [-0.05, 0) is 54.7 Å². The molecule has 2 aromatic rings. The van der Waals surface area contributed by atoms with E-state index in [9.17, 15) is 30.3 Å². The van der Waals surface area contributed by atoms with E-state index in [-0.39, 0.29) is 18.0 Å². The average molecular weight is 475 g/mol. The highest BCUT2D eigenvalue weighted by atomic mass is 16.7. The number of aliphatic hydroxyl groups excluding tert-OH is 5. The van der Waals surface area contributed by atoms with Gasteiger partial charge in [-0.1, -0.05) is 18.2 Å². The van der Waals surface area contributed by atoms with Crippen LogP contribution < -0.4 is 9.47 Å². The summed E-state index contributed by atoms with van der Waals surface area (Å²) >= 11 is 0. The highest BCUT2D eigenvalue weighted by molar-refractivity contribution is 5.79. The molecule has 5 rings (SSSR count). The summed E-state index contributed by atoms with van der Waals surface area (Å²) in [5.74, 6) is 1.09. The summed E-state index contributed by atoms with van der Waals surface area (Å²) in [4.78, 5) is 12.2. The molecule has 0 amide bonds. The quantitative estimate of drug-likeness (QED) is 0.437. The molecule has 4 bridgehead atoms. The van der Waals surface area contributed by atoms with Gasteiger partial charge in [-0.2, -0.15) is 0 Å². The van der Waals surface area contributed by atoms with Crippen molar-refractivity contribution < 1.29 is 44.5 Å². The number of hydrogen-bond donors (Lipinski definition) is 5. The van der Waals surface area contributed by atoms with Gasteiger partial charge in [-0.15, -0.1) is 0 Å². The number of Topliss-reactive ketones (excluding diaryl/α,β-unsaturated/α-hetero) is 1. The van der Waals surface area contributed by atoms with E-state index in [2.05, 4.69) is 0 Å². The van der Waals surface area contributed by atoms with Crippen LogP contribution in [-0.4, -0.2) is 74.7 Å². The van der Waals surface area contributed by atoms with Crippen LogP contribution in [-0.2, 0) is 22.4 Å². The first kappa shape index (κ1) is 24.6. The summed E-state index contributed by atoms with van der Waals surface area (Å²) in [7, 11) is 0. The predicted octanol–water partition coefficient (Wildman–Crippen LogP) is 0.856. The Kier molecular flexibility index (Phi) is 7.82. The van der Waals surface area contributed by atoms with Crippen molar-refractivity contribution in [2.75, 3.05) is 6.61 Å². The minimum atomic E-state index is -1.56. The lowest BCUT2D eigenvalue weighted by Gasteiger charge is -2.39. The maximum atomic E-state index is 12.2. The molecule has 5 N–H and O–H groups in total. The van der Waals surface area contributed by atoms with Crippen LogP contribution >= 0.6 is 0 Å². The Morgan fingerprint density at radius 3 is 2.35 bits per heavy atom. The molecule has 9 heteroatoms. The number of hydrogen-bond acceptors (Lipinski definition) is 9. The number of ether oxygens (including phenoxy) is 3. The summed E-state index contributed by atoms with van der Waals surface area (Å²) in [6.45, 7) is -0.565. The van der Waals surface area contributed by atoms with Gasteiger partial charge in [-0.3, -0.25) is 4.79 Å². The SMILES string of the molecule is O=C1CCc2ccc(cc2)Oc2cc(ccc2O[C@@H]2O[C@H](CO)[C@@H](O)[C@H](O)[C@H]2O)CCC(O)C1. The molecular weight excluding hydrogens is 444 g/mol. The van der Waals surface area contributed by atoms with Gasteiger partial charge in [0, 0.05) is 12.8 Å². The summed E-state index contributed by atoms with van der Waals surface area (Å²) in [5, 5.41) is 50.1. The summed E-state index contributed by atoms with van der Waals surface area (Å²) in [5.41, 5.74) is 1.81. The van der Waals surface area contributed by atoms with Crippen molar-refractivity contribution in [3.05, 3.63) is 53.6 Å². The zero-order valence-electron chi connectivity index (χ0n) is 18.6. The van der Waals surface area contributed by atoms with Crippen LogP contribution in [0.25, 0.3) is 0 Å². The molecule has 3 heterocycles. The van der Waals surface area contributed by atoms with Gasteiger partial charge in [0.1, 0.15) is 35.9 Å². The van der Waals surface area contributed by atoms with E-state index in [0.29, 0.717) is 37.2 Å². The Morgan fingerprint density at radius 2 is 1.62 bits per heavy atom. The maximum absolute atomic E-state index is 12.2. The second kappa shape index (κ2) is 10.8. The smallest absolute Gasteiger partial charge is 0.229 e. The average Bonchev–Trinajstić information content (AvgIpc) is 2.83. The first-order valence-corrected chi connectivity index (χ1v) is 11.4. The van der Waals surface area contributed by atoms with Gasteiger partial charge in [-0.25, -0.2) is 0 Å². The fourth-order valence-electron chi connectivity index (χ4n) is 4.11. The van der Waals surface area contributed by atoms with Gasteiger partial charge in [0.15, 0.2) is 11.5 Å². The van der Waals surface area contributed by atoms with Gasteiger partial charge in [0.05, 0.1) is 12.7 Å². The standard InChI is InChI=1S/C25H30O9/c26-13-21-22(29)23(30)24(31)25(34-21)33-19-10-5-15-2-7-17(28)12-16(27)6-1-14-3-8-18(9-4-14)32-20(19)11-15/h3-5,8-11,17,21-26,28-31H,1-2,6-7,12-13H2/t17?,21-,22-,23+,24-,25-/m1/s1. The molecule has 1 fully saturated rings. The fourth-order valence-corrected chi connectivity index (χ4v) is 4.11. The summed E-state index contributed by atoms with van der Waals surface area (Å²) < 4.78 is 17.3. The third kappa shape index (κ3) is 5.75. The molecule has 2 aromatic carbocycles. The van der Waals surface area contributed by atoms with Crippen LogP contribution in [0.15, 0.2) is 42.5 Å². The lowest BCUT2D eigenvalue weighted by atomic mass is 9.99. The van der Waals surface area contributed by atoms with Crippen LogP contribution in [0, 0.1) is 0 Å². The van der Waals surface area contributed by atoms with Crippen molar-refractivity contribution in [1.29, 1.82) is 0 Å². The van der Waals surface area contributed by atoms with Crippen LogP contribution in [0.5, 0.6) is 17.2 Å².